The largest absolute Gasteiger partial charge is 0.331 e. The van der Waals surface area contributed by atoms with Crippen LogP contribution in [-0.4, -0.2) is 16.6 Å². The SMILES string of the molecule is O=CNC(=S)NNC(=S)Nc1ccccc1. The molecule has 0 heterocycles. The first kappa shape index (κ1) is 12.3. The number of hydrogen-bond donors (Lipinski definition) is 4. The fourth-order valence-corrected chi connectivity index (χ4v) is 1.15. The van der Waals surface area contributed by atoms with E-state index in [1.165, 1.54) is 0 Å². The second kappa shape index (κ2) is 6.70. The maximum absolute atomic E-state index is 10.0. The molecule has 0 aromatic heterocycles. The normalized spacial score (nSPS) is 8.75. The number of carbonyl (C=O) groups is 1. The number of para-hydroxylation sites is 1. The van der Waals surface area contributed by atoms with Crippen LogP contribution >= 0.6 is 24.4 Å². The Labute approximate surface area is 104 Å². The number of thiocarbonyl (C=S) groups is 2. The Hall–Kier alpha value is -1.73. The number of nitrogens with one attached hydrogen (secondary N) is 4. The third kappa shape index (κ3) is 4.67. The van der Waals surface area contributed by atoms with E-state index in [1.807, 2.05) is 30.3 Å². The highest BCUT2D eigenvalue weighted by Crippen LogP contribution is 2.03. The quantitative estimate of drug-likeness (QED) is 0.350. The van der Waals surface area contributed by atoms with Crippen LogP contribution in [0.3, 0.4) is 0 Å². The summed E-state index contributed by atoms with van der Waals surface area (Å²) < 4.78 is 0. The van der Waals surface area contributed by atoms with Gasteiger partial charge in [-0.2, -0.15) is 0 Å². The van der Waals surface area contributed by atoms with Gasteiger partial charge in [0.2, 0.25) is 6.41 Å². The minimum Gasteiger partial charge on any atom is -0.331 e. The van der Waals surface area contributed by atoms with Gasteiger partial charge in [-0.25, -0.2) is 0 Å². The van der Waals surface area contributed by atoms with Gasteiger partial charge >= 0.3 is 0 Å². The van der Waals surface area contributed by atoms with Crippen LogP contribution < -0.4 is 21.5 Å². The van der Waals surface area contributed by atoms with E-state index < -0.39 is 0 Å². The van der Waals surface area contributed by atoms with E-state index in [4.69, 9.17) is 24.4 Å². The van der Waals surface area contributed by atoms with Crippen molar-refractivity contribution in [3.63, 3.8) is 0 Å². The van der Waals surface area contributed by atoms with Crippen molar-refractivity contribution in [3.05, 3.63) is 30.3 Å². The van der Waals surface area contributed by atoms with Crippen molar-refractivity contribution in [1.29, 1.82) is 0 Å². The fraction of sp³-hybridized carbons (Fsp3) is 0. The molecule has 0 unspecified atom stereocenters. The van der Waals surface area contributed by atoms with Crippen LogP contribution in [-0.2, 0) is 4.79 Å². The molecule has 5 nitrogen and oxygen atoms in total. The minimum atomic E-state index is 0.146. The highest BCUT2D eigenvalue weighted by Gasteiger charge is 1.96. The first-order chi connectivity index (χ1) is 7.72. The molecule has 7 heteroatoms. The molecule has 1 aromatic rings. The first-order valence-electron chi connectivity index (χ1n) is 4.34. The zero-order valence-electron chi connectivity index (χ0n) is 8.19. The number of carbonyl (C=O) groups excluding carboxylic acids is 1. The van der Waals surface area contributed by atoms with Crippen molar-refractivity contribution in [2.24, 2.45) is 0 Å². The molecule has 0 radical (unpaired) electrons. The number of hydrazine groups is 1. The van der Waals surface area contributed by atoms with E-state index in [1.54, 1.807) is 0 Å². The summed E-state index contributed by atoms with van der Waals surface area (Å²) in [6, 6.07) is 9.42. The first-order valence-corrected chi connectivity index (χ1v) is 5.16. The Morgan fingerprint density at radius 2 is 1.69 bits per heavy atom. The Kier molecular flexibility index (Phi) is 5.17. The number of hydrogen-bond acceptors (Lipinski definition) is 3. The Bertz CT molecular complexity index is 382. The minimum absolute atomic E-state index is 0.146. The molecule has 84 valence electrons. The van der Waals surface area contributed by atoms with Crippen LogP contribution in [0.15, 0.2) is 30.3 Å². The molecular formula is C9H10N4OS2. The third-order valence-electron chi connectivity index (χ3n) is 1.51. The summed E-state index contributed by atoms with van der Waals surface area (Å²) in [6.07, 6.45) is 0.477. The molecule has 0 aliphatic heterocycles. The van der Waals surface area contributed by atoms with E-state index in [0.29, 0.717) is 11.5 Å². The Balaban J connectivity index is 2.31. The van der Waals surface area contributed by atoms with Gasteiger partial charge in [0, 0.05) is 5.69 Å². The zero-order valence-corrected chi connectivity index (χ0v) is 9.82. The van der Waals surface area contributed by atoms with Crippen molar-refractivity contribution in [2.75, 3.05) is 5.32 Å². The van der Waals surface area contributed by atoms with Crippen molar-refractivity contribution in [1.82, 2.24) is 16.2 Å². The molecule has 0 saturated heterocycles. The smallest absolute Gasteiger partial charge is 0.213 e. The molecule has 0 bridgehead atoms. The standard InChI is InChI=1S/C9H10N4OS2/c14-6-10-8(15)12-13-9(16)11-7-4-2-1-3-5-7/h1-6H,(H2,11,13,16)(H2,10,12,14,15). The van der Waals surface area contributed by atoms with E-state index >= 15 is 0 Å². The summed E-state index contributed by atoms with van der Waals surface area (Å²) in [5.74, 6) is 0. The highest BCUT2D eigenvalue weighted by atomic mass is 32.1. The Morgan fingerprint density at radius 1 is 1.06 bits per heavy atom. The maximum atomic E-state index is 10.0. The molecule has 0 aliphatic carbocycles. The average Bonchev–Trinajstić information content (AvgIpc) is 2.28. The molecule has 0 fully saturated rings. The molecular weight excluding hydrogens is 244 g/mol. The molecule has 0 saturated carbocycles. The third-order valence-corrected chi connectivity index (χ3v) is 1.94. The van der Waals surface area contributed by atoms with Gasteiger partial charge in [-0.3, -0.25) is 15.6 Å². The van der Waals surface area contributed by atoms with Crippen LogP contribution in [0.5, 0.6) is 0 Å². The molecule has 1 aromatic carbocycles. The van der Waals surface area contributed by atoms with Gasteiger partial charge in [-0.05, 0) is 36.6 Å². The van der Waals surface area contributed by atoms with Crippen molar-refractivity contribution in [3.8, 4) is 0 Å². The number of rotatable bonds is 2. The summed E-state index contributed by atoms with van der Waals surface area (Å²) in [5.41, 5.74) is 6.02. The summed E-state index contributed by atoms with van der Waals surface area (Å²) in [4.78, 5) is 10.0. The van der Waals surface area contributed by atoms with E-state index in [9.17, 15) is 4.79 Å². The second-order valence-corrected chi connectivity index (χ2v) is 3.48. The lowest BCUT2D eigenvalue weighted by atomic mass is 10.3. The topological polar surface area (TPSA) is 65.2 Å². The summed E-state index contributed by atoms with van der Waals surface area (Å²) in [5, 5.41) is 5.67. The summed E-state index contributed by atoms with van der Waals surface area (Å²) in [6.45, 7) is 0. The van der Waals surface area contributed by atoms with E-state index in [2.05, 4.69) is 21.5 Å². The van der Waals surface area contributed by atoms with Gasteiger partial charge in [-0.1, -0.05) is 18.2 Å². The average molecular weight is 254 g/mol. The molecule has 0 spiro atoms. The number of amides is 1. The van der Waals surface area contributed by atoms with Gasteiger partial charge in [-0.15, -0.1) is 0 Å². The summed E-state index contributed by atoms with van der Waals surface area (Å²) in [7, 11) is 0. The van der Waals surface area contributed by atoms with E-state index in [0.717, 1.165) is 5.69 Å². The second-order valence-electron chi connectivity index (χ2n) is 2.66. The Morgan fingerprint density at radius 3 is 2.31 bits per heavy atom. The monoisotopic (exact) mass is 254 g/mol. The molecule has 16 heavy (non-hydrogen) atoms. The lowest BCUT2D eigenvalue weighted by Gasteiger charge is -2.11. The van der Waals surface area contributed by atoms with Crippen LogP contribution in [0.1, 0.15) is 0 Å². The van der Waals surface area contributed by atoms with Gasteiger partial charge in [0.25, 0.3) is 0 Å². The zero-order chi connectivity index (χ0) is 11.8. The lowest BCUT2D eigenvalue weighted by Crippen LogP contribution is -2.47. The maximum Gasteiger partial charge on any atom is 0.213 e. The van der Waals surface area contributed by atoms with Crippen LogP contribution in [0.2, 0.25) is 0 Å². The van der Waals surface area contributed by atoms with Gasteiger partial charge in [0.15, 0.2) is 10.2 Å². The molecule has 4 N–H and O–H groups in total. The van der Waals surface area contributed by atoms with Crippen molar-refractivity contribution < 1.29 is 4.79 Å². The molecule has 1 amide bonds. The van der Waals surface area contributed by atoms with Crippen LogP contribution in [0, 0.1) is 0 Å². The molecule has 1 rings (SSSR count). The van der Waals surface area contributed by atoms with Crippen molar-refractivity contribution >= 4 is 46.8 Å². The summed E-state index contributed by atoms with van der Waals surface area (Å²) >= 11 is 9.71. The van der Waals surface area contributed by atoms with Gasteiger partial charge in [0.05, 0.1) is 0 Å². The molecule has 0 aliphatic rings. The van der Waals surface area contributed by atoms with Gasteiger partial charge in [0.1, 0.15) is 0 Å². The van der Waals surface area contributed by atoms with Crippen LogP contribution in [0.25, 0.3) is 0 Å². The van der Waals surface area contributed by atoms with E-state index in [-0.39, 0.29) is 5.11 Å². The fourth-order valence-electron chi connectivity index (χ4n) is 0.887. The van der Waals surface area contributed by atoms with Crippen LogP contribution in [0.4, 0.5) is 5.69 Å². The van der Waals surface area contributed by atoms with Crippen molar-refractivity contribution in [2.45, 2.75) is 0 Å². The number of benzene rings is 1. The predicted molar refractivity (Wildman–Crippen MR) is 70.7 cm³/mol. The molecule has 0 atom stereocenters. The number of anilines is 1. The van der Waals surface area contributed by atoms with Gasteiger partial charge < -0.3 is 10.6 Å². The highest BCUT2D eigenvalue weighted by molar-refractivity contribution is 7.80. The lowest BCUT2D eigenvalue weighted by molar-refractivity contribution is -0.108. The predicted octanol–water partition coefficient (Wildman–Crippen LogP) is 0.508.